The van der Waals surface area contributed by atoms with Crippen LogP contribution in [0, 0.1) is 0 Å². The second-order valence-corrected chi connectivity index (χ2v) is 5.87. The largest absolute Gasteiger partial charge is 0.339 e. The maximum atomic E-state index is 5.96. The minimum absolute atomic E-state index is 0.200. The van der Waals surface area contributed by atoms with Crippen molar-refractivity contribution in [3.05, 3.63) is 45.0 Å². The molecule has 0 unspecified atom stereocenters. The van der Waals surface area contributed by atoms with Crippen LogP contribution in [-0.4, -0.2) is 9.97 Å². The Balaban J connectivity index is 2.07. The van der Waals surface area contributed by atoms with E-state index >= 15 is 0 Å². The third kappa shape index (κ3) is 2.77. The summed E-state index contributed by atoms with van der Waals surface area (Å²) in [6, 6.07) is 7.13. The summed E-state index contributed by atoms with van der Waals surface area (Å²) < 4.78 is 0. The minimum Gasteiger partial charge on any atom is -0.339 e. The van der Waals surface area contributed by atoms with Gasteiger partial charge in [-0.25, -0.2) is 4.98 Å². The van der Waals surface area contributed by atoms with E-state index < -0.39 is 0 Å². The Morgan fingerprint density at radius 2 is 1.74 bits per heavy atom. The van der Waals surface area contributed by atoms with Crippen LogP contribution in [0.4, 0.5) is 11.5 Å². The summed E-state index contributed by atoms with van der Waals surface area (Å²) in [7, 11) is 0. The molecule has 0 bridgehead atoms. The minimum atomic E-state index is 0.200. The molecule has 3 aromatic rings. The second kappa shape index (κ2) is 5.13. The third-order valence-electron chi connectivity index (χ3n) is 2.42. The number of hydrogen-bond donors (Lipinski definition) is 1. The number of rotatable bonds is 2. The Morgan fingerprint density at radius 3 is 2.47 bits per heavy atom. The molecule has 1 aromatic carbocycles. The lowest BCUT2D eigenvalue weighted by molar-refractivity contribution is 1.23. The Bertz CT molecular complexity index is 737. The monoisotopic (exact) mass is 329 g/mol. The predicted octanol–water partition coefficient (Wildman–Crippen LogP) is 5.40. The molecule has 0 aliphatic carbocycles. The number of anilines is 2. The number of halogens is 3. The van der Waals surface area contributed by atoms with Gasteiger partial charge in [-0.1, -0.05) is 23.2 Å². The molecule has 96 valence electrons. The summed E-state index contributed by atoms with van der Waals surface area (Å²) >= 11 is 19.3. The van der Waals surface area contributed by atoms with Crippen molar-refractivity contribution in [3.63, 3.8) is 0 Å². The van der Waals surface area contributed by atoms with Crippen LogP contribution < -0.4 is 5.32 Å². The quantitative estimate of drug-likeness (QED) is 0.640. The molecule has 1 N–H and O–H groups in total. The number of fused-ring (bicyclic) bond motifs is 1. The maximum Gasteiger partial charge on any atom is 0.225 e. The summed E-state index contributed by atoms with van der Waals surface area (Å²) in [5, 5.41) is 7.31. The summed E-state index contributed by atoms with van der Waals surface area (Å²) in [4.78, 5) is 9.17. The normalized spacial score (nSPS) is 10.9. The highest BCUT2D eigenvalue weighted by Crippen LogP contribution is 2.30. The van der Waals surface area contributed by atoms with Crippen LogP contribution in [0.25, 0.3) is 10.2 Å². The molecule has 7 heteroatoms. The molecule has 0 aliphatic rings. The van der Waals surface area contributed by atoms with E-state index in [9.17, 15) is 0 Å². The van der Waals surface area contributed by atoms with E-state index in [0.29, 0.717) is 15.9 Å². The molecule has 0 fully saturated rings. The SMILES string of the molecule is Clc1cc(Cl)cc(Nc2nc(Cl)nc3sccc23)c1. The Labute approximate surface area is 128 Å². The fourth-order valence-corrected chi connectivity index (χ4v) is 3.20. The summed E-state index contributed by atoms with van der Waals surface area (Å²) in [5.41, 5.74) is 0.750. The zero-order valence-electron chi connectivity index (χ0n) is 9.32. The first-order valence-corrected chi connectivity index (χ1v) is 7.27. The van der Waals surface area contributed by atoms with Crippen molar-refractivity contribution in [1.82, 2.24) is 9.97 Å². The van der Waals surface area contributed by atoms with Gasteiger partial charge in [0, 0.05) is 15.7 Å². The van der Waals surface area contributed by atoms with Crippen LogP contribution in [0.1, 0.15) is 0 Å². The van der Waals surface area contributed by atoms with Crippen molar-refractivity contribution in [1.29, 1.82) is 0 Å². The van der Waals surface area contributed by atoms with Gasteiger partial charge in [0.15, 0.2) is 0 Å². The maximum absolute atomic E-state index is 5.96. The third-order valence-corrected chi connectivity index (χ3v) is 3.84. The Hall–Kier alpha value is -1.07. The molecular weight excluding hydrogens is 325 g/mol. The lowest BCUT2D eigenvalue weighted by Gasteiger charge is -2.08. The van der Waals surface area contributed by atoms with Gasteiger partial charge in [-0.2, -0.15) is 4.98 Å². The predicted molar refractivity (Wildman–Crippen MR) is 82.2 cm³/mol. The average molecular weight is 331 g/mol. The molecule has 0 spiro atoms. The molecular formula is C12H6Cl3N3S. The van der Waals surface area contributed by atoms with Crippen LogP contribution in [0.15, 0.2) is 29.6 Å². The lowest BCUT2D eigenvalue weighted by atomic mass is 10.3. The smallest absolute Gasteiger partial charge is 0.225 e. The number of hydrogen-bond acceptors (Lipinski definition) is 4. The van der Waals surface area contributed by atoms with E-state index in [1.54, 1.807) is 18.2 Å². The topological polar surface area (TPSA) is 37.8 Å². The highest BCUT2D eigenvalue weighted by atomic mass is 35.5. The Morgan fingerprint density at radius 1 is 1.00 bits per heavy atom. The second-order valence-electron chi connectivity index (χ2n) is 3.76. The van der Waals surface area contributed by atoms with Crippen molar-refractivity contribution in [3.8, 4) is 0 Å². The zero-order chi connectivity index (χ0) is 13.4. The Kier molecular flexibility index (Phi) is 3.50. The zero-order valence-corrected chi connectivity index (χ0v) is 12.4. The number of thiophene rings is 1. The fraction of sp³-hybridized carbons (Fsp3) is 0. The molecule has 3 nitrogen and oxygen atoms in total. The molecule has 0 saturated carbocycles. The number of aromatic nitrogens is 2. The van der Waals surface area contributed by atoms with E-state index in [4.69, 9.17) is 34.8 Å². The summed E-state index contributed by atoms with van der Waals surface area (Å²) in [6.45, 7) is 0. The molecule has 0 saturated heterocycles. The molecule has 2 aromatic heterocycles. The molecule has 19 heavy (non-hydrogen) atoms. The van der Waals surface area contributed by atoms with Crippen molar-refractivity contribution in [2.45, 2.75) is 0 Å². The van der Waals surface area contributed by atoms with Crippen molar-refractivity contribution >= 4 is 67.9 Å². The van der Waals surface area contributed by atoms with Gasteiger partial charge in [0.25, 0.3) is 0 Å². The van der Waals surface area contributed by atoms with Crippen LogP contribution in [0.3, 0.4) is 0 Å². The number of benzene rings is 1. The van der Waals surface area contributed by atoms with Crippen molar-refractivity contribution < 1.29 is 0 Å². The van der Waals surface area contributed by atoms with E-state index in [1.165, 1.54) is 11.3 Å². The number of nitrogens with one attached hydrogen (secondary N) is 1. The highest BCUT2D eigenvalue weighted by molar-refractivity contribution is 7.16. The number of nitrogens with zero attached hydrogens (tertiary/aromatic N) is 2. The van der Waals surface area contributed by atoms with Crippen LogP contribution in [0.5, 0.6) is 0 Å². The highest BCUT2D eigenvalue weighted by Gasteiger charge is 2.08. The van der Waals surface area contributed by atoms with Crippen molar-refractivity contribution in [2.75, 3.05) is 5.32 Å². The van der Waals surface area contributed by atoms with Crippen molar-refractivity contribution in [2.24, 2.45) is 0 Å². The van der Waals surface area contributed by atoms with Gasteiger partial charge in [-0.3, -0.25) is 0 Å². The van der Waals surface area contributed by atoms with Gasteiger partial charge in [0.2, 0.25) is 5.28 Å². The summed E-state index contributed by atoms with van der Waals surface area (Å²) in [6.07, 6.45) is 0. The van der Waals surface area contributed by atoms with Crippen LogP contribution in [0.2, 0.25) is 15.3 Å². The first-order valence-electron chi connectivity index (χ1n) is 5.26. The van der Waals surface area contributed by atoms with Gasteiger partial charge in [0.05, 0.1) is 5.39 Å². The fourth-order valence-electron chi connectivity index (χ4n) is 1.69. The first kappa shape index (κ1) is 12.9. The van der Waals surface area contributed by atoms with Gasteiger partial charge in [0.1, 0.15) is 10.6 Å². The molecule has 0 radical (unpaired) electrons. The van der Waals surface area contributed by atoms with Gasteiger partial charge in [-0.05, 0) is 41.2 Å². The lowest BCUT2D eigenvalue weighted by Crippen LogP contribution is -1.95. The summed E-state index contributed by atoms with van der Waals surface area (Å²) in [5.74, 6) is 0.634. The van der Waals surface area contributed by atoms with Crippen LogP contribution in [-0.2, 0) is 0 Å². The molecule has 0 aliphatic heterocycles. The van der Waals surface area contributed by atoms with E-state index in [0.717, 1.165) is 15.9 Å². The first-order chi connectivity index (χ1) is 9.11. The average Bonchev–Trinajstić information content (AvgIpc) is 2.75. The standard InChI is InChI=1S/C12H6Cl3N3S/c13-6-3-7(14)5-8(4-6)16-10-9-1-2-19-11(9)18-12(15)17-10/h1-5H,(H,16,17,18). The van der Waals surface area contributed by atoms with Crippen LogP contribution >= 0.6 is 46.1 Å². The molecule has 0 atom stereocenters. The molecule has 3 rings (SSSR count). The van der Waals surface area contributed by atoms with Gasteiger partial charge in [-0.15, -0.1) is 11.3 Å². The van der Waals surface area contributed by atoms with E-state index in [-0.39, 0.29) is 5.28 Å². The molecule has 0 amide bonds. The molecule has 2 heterocycles. The van der Waals surface area contributed by atoms with Gasteiger partial charge < -0.3 is 5.32 Å². The van der Waals surface area contributed by atoms with Gasteiger partial charge >= 0.3 is 0 Å². The van der Waals surface area contributed by atoms with E-state index in [1.807, 2.05) is 11.4 Å². The van der Waals surface area contributed by atoms with E-state index in [2.05, 4.69) is 15.3 Å².